The van der Waals surface area contributed by atoms with E-state index in [1.165, 1.54) is 64.2 Å². The van der Waals surface area contributed by atoms with E-state index in [0.717, 1.165) is 51.4 Å². The molecule has 0 aliphatic rings. The number of likely N-dealkylation sites (N-methyl/N-ethyl adjacent to an activating group) is 1. The molecule has 0 aliphatic heterocycles. The molecular weight excluding hydrogens is 666 g/mol. The Morgan fingerprint density at radius 1 is 0.585 bits per heavy atom. The number of carboxylic acids is 1. The Bertz CT molecular complexity index is 1050. The third-order valence-electron chi connectivity index (χ3n) is 8.95. The summed E-state index contributed by atoms with van der Waals surface area (Å²) in [7, 11) is 5.49. The van der Waals surface area contributed by atoms with Crippen molar-refractivity contribution >= 4 is 17.9 Å². The van der Waals surface area contributed by atoms with Crippen LogP contribution in [0.3, 0.4) is 0 Å². The second-order valence-corrected chi connectivity index (χ2v) is 14.9. The Morgan fingerprint density at radius 3 is 1.53 bits per heavy atom. The van der Waals surface area contributed by atoms with Gasteiger partial charge in [-0.1, -0.05) is 152 Å². The maximum absolute atomic E-state index is 12.7. The highest BCUT2D eigenvalue weighted by molar-refractivity contribution is 5.72. The lowest BCUT2D eigenvalue weighted by Crippen LogP contribution is -2.50. The number of allylic oxidation sites excluding steroid dienone is 10. The molecule has 0 saturated carbocycles. The van der Waals surface area contributed by atoms with Gasteiger partial charge < -0.3 is 23.8 Å². The fourth-order valence-electron chi connectivity index (χ4n) is 5.73. The topological polar surface area (TPSA) is 99.1 Å². The first kappa shape index (κ1) is 50.0. The van der Waals surface area contributed by atoms with Crippen molar-refractivity contribution in [2.75, 3.05) is 41.0 Å². The number of carbonyl (C=O) groups excluding carboxylic acids is 2. The summed E-state index contributed by atoms with van der Waals surface area (Å²) in [6, 6.07) is -0.627. The number of hydrogen-bond donors (Lipinski definition) is 1. The number of aliphatic carboxylic acids is 1. The maximum atomic E-state index is 12.7. The van der Waals surface area contributed by atoms with Crippen molar-refractivity contribution in [2.24, 2.45) is 0 Å². The zero-order valence-corrected chi connectivity index (χ0v) is 34.4. The fraction of sp³-hybridized carbons (Fsp3) is 0.711. The van der Waals surface area contributed by atoms with Crippen LogP contribution in [0.2, 0.25) is 0 Å². The van der Waals surface area contributed by atoms with E-state index >= 15 is 0 Å². The Morgan fingerprint density at radius 2 is 1.06 bits per heavy atom. The Balaban J connectivity index is 4.51. The quantitative estimate of drug-likeness (QED) is 0.0295. The van der Waals surface area contributed by atoms with Gasteiger partial charge in [0.2, 0.25) is 0 Å². The molecule has 0 aromatic heterocycles. The number of carbonyl (C=O) groups is 3. The Labute approximate surface area is 324 Å². The second kappa shape index (κ2) is 36.0. The highest BCUT2D eigenvalue weighted by Gasteiger charge is 2.31. The third kappa shape index (κ3) is 34.5. The summed E-state index contributed by atoms with van der Waals surface area (Å²) in [4.78, 5) is 36.8. The summed E-state index contributed by atoms with van der Waals surface area (Å²) in [6.07, 6.45) is 42.8. The first-order valence-corrected chi connectivity index (χ1v) is 20.8. The van der Waals surface area contributed by atoms with Gasteiger partial charge >= 0.3 is 17.9 Å². The predicted molar refractivity (Wildman–Crippen MR) is 220 cm³/mol. The highest BCUT2D eigenvalue weighted by atomic mass is 16.6. The zero-order valence-electron chi connectivity index (χ0n) is 34.4. The molecule has 1 N–H and O–H groups in total. The summed E-state index contributed by atoms with van der Waals surface area (Å²) >= 11 is 0. The molecule has 304 valence electrons. The zero-order chi connectivity index (χ0) is 39.3. The lowest BCUT2D eigenvalue weighted by atomic mass is 10.0. The molecule has 0 aromatic carbocycles. The van der Waals surface area contributed by atoms with Gasteiger partial charge in [-0.15, -0.1) is 0 Å². The highest BCUT2D eigenvalue weighted by Crippen LogP contribution is 2.14. The average Bonchev–Trinajstić information content (AvgIpc) is 3.11. The van der Waals surface area contributed by atoms with E-state index in [4.69, 9.17) is 14.2 Å². The summed E-state index contributed by atoms with van der Waals surface area (Å²) in [5, 5.41) is 9.60. The van der Waals surface area contributed by atoms with Crippen molar-refractivity contribution in [3.63, 3.8) is 0 Å². The van der Waals surface area contributed by atoms with Crippen LogP contribution in [0.5, 0.6) is 0 Å². The normalized spacial score (nSPS) is 13.6. The van der Waals surface area contributed by atoms with E-state index < -0.39 is 18.1 Å². The Hall–Kier alpha value is -2.97. The van der Waals surface area contributed by atoms with E-state index in [0.29, 0.717) is 19.3 Å². The monoisotopic (exact) mass is 745 g/mol. The summed E-state index contributed by atoms with van der Waals surface area (Å²) < 4.78 is 17.2. The largest absolute Gasteiger partial charge is 0.477 e. The van der Waals surface area contributed by atoms with E-state index in [2.05, 4.69) is 62.5 Å². The van der Waals surface area contributed by atoms with Crippen LogP contribution in [-0.4, -0.2) is 80.6 Å². The van der Waals surface area contributed by atoms with E-state index in [1.807, 2.05) is 33.3 Å². The molecule has 8 heteroatoms. The average molecular weight is 745 g/mol. The van der Waals surface area contributed by atoms with E-state index in [-0.39, 0.29) is 42.7 Å². The van der Waals surface area contributed by atoms with Crippen LogP contribution >= 0.6 is 0 Å². The van der Waals surface area contributed by atoms with Crippen molar-refractivity contribution in [1.82, 2.24) is 0 Å². The molecule has 2 atom stereocenters. The van der Waals surface area contributed by atoms with Gasteiger partial charge in [0, 0.05) is 19.3 Å². The van der Waals surface area contributed by atoms with Gasteiger partial charge in [-0.2, -0.15) is 0 Å². The molecule has 0 heterocycles. The number of hydrogen-bond acceptors (Lipinski definition) is 6. The van der Waals surface area contributed by atoms with Crippen LogP contribution in [0.25, 0.3) is 0 Å². The molecule has 0 saturated heterocycles. The summed E-state index contributed by atoms with van der Waals surface area (Å²) in [6.45, 7) is 4.53. The molecule has 0 aromatic rings. The van der Waals surface area contributed by atoms with Crippen molar-refractivity contribution < 1.29 is 38.2 Å². The lowest BCUT2D eigenvalue weighted by molar-refractivity contribution is -0.887. The number of carboxylic acid groups (broad SMARTS) is 1. The Kier molecular flexibility index (Phi) is 34.0. The van der Waals surface area contributed by atoms with Crippen molar-refractivity contribution in [3.05, 3.63) is 60.8 Å². The molecule has 0 rings (SSSR count). The SMILES string of the molecule is CC/C=C/C/C=C/C/C=C/C/C=C/C/C=C/CCC(=O)OC(COCCC(C(=O)O)[N+](C)(C)C)COC(=O)CCCCCCCCCCCCCCC. The first-order chi connectivity index (χ1) is 25.6. The van der Waals surface area contributed by atoms with E-state index in [9.17, 15) is 19.5 Å². The minimum absolute atomic E-state index is 0.0307. The maximum Gasteiger partial charge on any atom is 0.362 e. The minimum Gasteiger partial charge on any atom is -0.477 e. The molecule has 0 fully saturated rings. The van der Waals surface area contributed by atoms with Crippen molar-refractivity contribution in [3.8, 4) is 0 Å². The van der Waals surface area contributed by atoms with E-state index in [1.54, 1.807) is 0 Å². The molecule has 0 spiro atoms. The first-order valence-electron chi connectivity index (χ1n) is 20.8. The third-order valence-corrected chi connectivity index (χ3v) is 8.95. The van der Waals surface area contributed by atoms with Gasteiger partial charge in [-0.25, -0.2) is 4.79 Å². The molecule has 0 amide bonds. The number of rotatable bonds is 36. The van der Waals surface area contributed by atoms with Crippen molar-refractivity contribution in [2.45, 2.75) is 167 Å². The van der Waals surface area contributed by atoms with Gasteiger partial charge in [-0.05, 0) is 44.9 Å². The van der Waals surface area contributed by atoms with Gasteiger partial charge in [0.15, 0.2) is 12.1 Å². The van der Waals surface area contributed by atoms with Crippen LogP contribution in [-0.2, 0) is 28.6 Å². The van der Waals surface area contributed by atoms with Gasteiger partial charge in [-0.3, -0.25) is 9.59 Å². The van der Waals surface area contributed by atoms with Gasteiger partial charge in [0.25, 0.3) is 0 Å². The van der Waals surface area contributed by atoms with Crippen LogP contribution in [0.1, 0.15) is 155 Å². The molecule has 2 unspecified atom stereocenters. The number of nitrogens with zero attached hydrogens (tertiary/aromatic N) is 1. The molecule has 53 heavy (non-hydrogen) atoms. The number of esters is 2. The minimum atomic E-state index is -0.888. The standard InChI is InChI=1S/C45H77NO7/c1-6-8-10-12-14-16-18-20-21-22-24-26-28-30-32-34-36-44(48)53-41(39-51-38-37-42(45(49)50)46(3,4)5)40-52-43(47)35-33-31-29-27-25-23-19-17-15-13-11-9-7-2/h8,10,14,16,20-21,24,26,30,32,41-42H,6-7,9,11-13,15,17-19,22-23,25,27-29,31,33-40H2,1-5H3/p+1/b10-8+,16-14+,21-20+,26-24+,32-30+. The lowest BCUT2D eigenvalue weighted by Gasteiger charge is -2.31. The van der Waals surface area contributed by atoms with Crippen LogP contribution in [0.15, 0.2) is 60.8 Å². The van der Waals surface area contributed by atoms with Crippen LogP contribution < -0.4 is 0 Å². The summed E-state index contributed by atoms with van der Waals surface area (Å²) in [5.74, 6) is -1.58. The van der Waals surface area contributed by atoms with Crippen LogP contribution in [0.4, 0.5) is 0 Å². The molecule has 8 nitrogen and oxygen atoms in total. The predicted octanol–water partition coefficient (Wildman–Crippen LogP) is 11.0. The summed E-state index contributed by atoms with van der Waals surface area (Å²) in [5.41, 5.74) is 0. The fourth-order valence-corrected chi connectivity index (χ4v) is 5.73. The molecular formula is C45H78NO7+. The number of unbranched alkanes of at least 4 members (excludes halogenated alkanes) is 12. The van der Waals surface area contributed by atoms with Gasteiger partial charge in [0.05, 0.1) is 34.4 Å². The smallest absolute Gasteiger partial charge is 0.362 e. The molecule has 0 aliphatic carbocycles. The second-order valence-electron chi connectivity index (χ2n) is 14.9. The van der Waals surface area contributed by atoms with Crippen LogP contribution in [0, 0.1) is 0 Å². The molecule has 0 radical (unpaired) electrons. The van der Waals surface area contributed by atoms with Gasteiger partial charge in [0.1, 0.15) is 6.61 Å². The molecule has 0 bridgehead atoms. The number of ether oxygens (including phenoxy) is 3. The van der Waals surface area contributed by atoms with Crippen molar-refractivity contribution in [1.29, 1.82) is 0 Å². The number of quaternary nitrogens is 1.